The molecule has 4 aromatic carbocycles. The summed E-state index contributed by atoms with van der Waals surface area (Å²) in [6.45, 7) is 0.272. The Morgan fingerprint density at radius 3 is 2.50 bits per heavy atom. The van der Waals surface area contributed by atoms with Crippen molar-refractivity contribution in [2.45, 2.75) is 6.61 Å². The molecule has 0 saturated carbocycles. The second-order valence-corrected chi connectivity index (χ2v) is 7.83. The van der Waals surface area contributed by atoms with E-state index in [0.717, 1.165) is 22.0 Å². The quantitative estimate of drug-likeness (QED) is 0.188. The number of rotatable bonds is 10. The Kier molecular flexibility index (Phi) is 7.72. The van der Waals surface area contributed by atoms with Crippen LogP contribution in [0.2, 0.25) is 0 Å². The van der Waals surface area contributed by atoms with Gasteiger partial charge in [0.05, 0.1) is 24.8 Å². The molecule has 9 heteroatoms. The summed E-state index contributed by atoms with van der Waals surface area (Å²) in [5, 5.41) is 20.1. The van der Waals surface area contributed by atoms with E-state index in [1.165, 1.54) is 25.5 Å². The predicted octanol–water partition coefficient (Wildman–Crippen LogP) is 4.90. The lowest BCUT2D eigenvalue weighted by Crippen LogP contribution is -2.25. The first-order valence-electron chi connectivity index (χ1n) is 11.1. The molecular weight excluding hydrogens is 460 g/mol. The first-order valence-corrected chi connectivity index (χ1v) is 11.1. The summed E-state index contributed by atoms with van der Waals surface area (Å²) < 4.78 is 11.2. The zero-order chi connectivity index (χ0) is 25.3. The number of nitro benzene ring substituents is 1. The monoisotopic (exact) mass is 484 g/mol. The van der Waals surface area contributed by atoms with Crippen molar-refractivity contribution in [1.29, 1.82) is 0 Å². The van der Waals surface area contributed by atoms with Crippen LogP contribution in [0.25, 0.3) is 10.8 Å². The fourth-order valence-electron chi connectivity index (χ4n) is 3.46. The third kappa shape index (κ3) is 6.35. The number of hydrazone groups is 1. The average Bonchev–Trinajstić information content (AvgIpc) is 2.91. The van der Waals surface area contributed by atoms with E-state index in [1.807, 2.05) is 42.5 Å². The third-order valence-corrected chi connectivity index (χ3v) is 5.33. The van der Waals surface area contributed by atoms with Gasteiger partial charge in [-0.2, -0.15) is 5.10 Å². The van der Waals surface area contributed by atoms with Crippen LogP contribution in [-0.2, 0) is 11.4 Å². The fraction of sp³-hybridized carbons (Fsp3) is 0.111. The first kappa shape index (κ1) is 24.2. The van der Waals surface area contributed by atoms with Crippen LogP contribution in [0.1, 0.15) is 11.1 Å². The van der Waals surface area contributed by atoms with Crippen LogP contribution >= 0.6 is 0 Å². The number of anilines is 1. The number of hydrogen-bond donors (Lipinski definition) is 2. The molecule has 0 radical (unpaired) electrons. The van der Waals surface area contributed by atoms with Crippen molar-refractivity contribution in [3.63, 3.8) is 0 Å². The molecule has 182 valence electrons. The minimum absolute atomic E-state index is 0.0176. The maximum absolute atomic E-state index is 12.2. The van der Waals surface area contributed by atoms with Gasteiger partial charge in [0.15, 0.2) is 11.5 Å². The van der Waals surface area contributed by atoms with E-state index in [0.29, 0.717) is 17.1 Å². The number of amides is 1. The Hall–Kier alpha value is -4.92. The minimum atomic E-state index is -0.450. The van der Waals surface area contributed by atoms with Gasteiger partial charge in [-0.25, -0.2) is 5.43 Å². The average molecular weight is 485 g/mol. The number of methoxy groups -OCH3 is 1. The molecule has 0 heterocycles. The van der Waals surface area contributed by atoms with Gasteiger partial charge in [0.2, 0.25) is 0 Å². The van der Waals surface area contributed by atoms with Crippen LogP contribution in [0.4, 0.5) is 11.4 Å². The van der Waals surface area contributed by atoms with Gasteiger partial charge in [-0.1, -0.05) is 30.3 Å². The van der Waals surface area contributed by atoms with E-state index >= 15 is 0 Å². The highest BCUT2D eigenvalue weighted by molar-refractivity contribution is 5.87. The molecule has 2 N–H and O–H groups in total. The molecule has 4 aromatic rings. The van der Waals surface area contributed by atoms with E-state index in [4.69, 9.17) is 9.47 Å². The van der Waals surface area contributed by atoms with Crippen molar-refractivity contribution in [2.24, 2.45) is 5.10 Å². The summed E-state index contributed by atoms with van der Waals surface area (Å²) >= 11 is 0. The summed E-state index contributed by atoms with van der Waals surface area (Å²) in [5.74, 6) is 0.712. The van der Waals surface area contributed by atoms with E-state index < -0.39 is 4.92 Å². The topological polar surface area (TPSA) is 115 Å². The smallest absolute Gasteiger partial charge is 0.269 e. The molecular formula is C27H24N4O5. The van der Waals surface area contributed by atoms with E-state index in [2.05, 4.69) is 15.8 Å². The molecule has 0 fully saturated rings. The summed E-state index contributed by atoms with van der Waals surface area (Å²) in [6.07, 6.45) is 1.51. The Morgan fingerprint density at radius 1 is 0.972 bits per heavy atom. The van der Waals surface area contributed by atoms with Crippen molar-refractivity contribution in [3.05, 3.63) is 106 Å². The molecule has 0 atom stereocenters. The van der Waals surface area contributed by atoms with Crippen LogP contribution in [0.15, 0.2) is 90.0 Å². The summed E-state index contributed by atoms with van der Waals surface area (Å²) in [5.41, 5.74) is 4.83. The second-order valence-electron chi connectivity index (χ2n) is 7.83. The molecule has 0 bridgehead atoms. The standard InChI is InChI=1S/C27H24N4O5/c1-35-25-13-8-20(14-26(25)36-18-19-6-11-24(12-7-19)31(33)34)16-29-30-27(32)17-28-23-10-9-21-4-2-3-5-22(21)15-23/h2-16,28H,17-18H2,1H3,(H,30,32)/b29-16+. The number of carbonyl (C=O) groups excluding carboxylic acids is 1. The second kappa shape index (κ2) is 11.5. The van der Waals surface area contributed by atoms with E-state index in [-0.39, 0.29) is 24.7 Å². The summed E-state index contributed by atoms with van der Waals surface area (Å²) in [6, 6.07) is 25.3. The van der Waals surface area contributed by atoms with Crippen LogP contribution < -0.4 is 20.2 Å². The molecule has 0 unspecified atom stereocenters. The van der Waals surface area contributed by atoms with Gasteiger partial charge in [-0.05, 0) is 64.4 Å². The van der Waals surface area contributed by atoms with Gasteiger partial charge in [-0.15, -0.1) is 0 Å². The van der Waals surface area contributed by atoms with Crippen LogP contribution in [0.5, 0.6) is 11.5 Å². The summed E-state index contributed by atoms with van der Waals surface area (Å²) in [7, 11) is 1.53. The summed E-state index contributed by atoms with van der Waals surface area (Å²) in [4.78, 5) is 22.5. The molecule has 0 aliphatic heterocycles. The number of hydrogen-bond acceptors (Lipinski definition) is 7. The highest BCUT2D eigenvalue weighted by Gasteiger charge is 2.08. The molecule has 0 aliphatic carbocycles. The van der Waals surface area contributed by atoms with E-state index in [9.17, 15) is 14.9 Å². The van der Waals surface area contributed by atoms with Crippen molar-refractivity contribution in [2.75, 3.05) is 19.0 Å². The van der Waals surface area contributed by atoms with Gasteiger partial charge in [0.25, 0.3) is 11.6 Å². The number of nitrogens with one attached hydrogen (secondary N) is 2. The molecule has 36 heavy (non-hydrogen) atoms. The number of carbonyl (C=O) groups is 1. The van der Waals surface area contributed by atoms with Crippen molar-refractivity contribution >= 4 is 34.3 Å². The number of nitrogens with zero attached hydrogens (tertiary/aromatic N) is 2. The van der Waals surface area contributed by atoms with Gasteiger partial charge in [0.1, 0.15) is 6.61 Å². The molecule has 4 rings (SSSR count). The Labute approximate surface area is 207 Å². The maximum atomic E-state index is 12.2. The van der Waals surface area contributed by atoms with Crippen molar-refractivity contribution in [1.82, 2.24) is 5.43 Å². The normalized spacial score (nSPS) is 10.8. The number of non-ortho nitro benzene ring substituents is 1. The first-order chi connectivity index (χ1) is 17.5. The molecule has 0 saturated heterocycles. The third-order valence-electron chi connectivity index (χ3n) is 5.33. The van der Waals surface area contributed by atoms with Gasteiger partial charge >= 0.3 is 0 Å². The van der Waals surface area contributed by atoms with Gasteiger partial charge in [0, 0.05) is 17.8 Å². The maximum Gasteiger partial charge on any atom is 0.269 e. The van der Waals surface area contributed by atoms with Crippen molar-refractivity contribution < 1.29 is 19.2 Å². The predicted molar refractivity (Wildman–Crippen MR) is 139 cm³/mol. The van der Waals surface area contributed by atoms with Crippen LogP contribution in [0.3, 0.4) is 0 Å². The number of nitro groups is 1. The Balaban J connectivity index is 1.31. The highest BCUT2D eigenvalue weighted by atomic mass is 16.6. The largest absolute Gasteiger partial charge is 0.493 e. The molecule has 0 aliphatic rings. The molecule has 9 nitrogen and oxygen atoms in total. The number of ether oxygens (including phenoxy) is 2. The van der Waals surface area contributed by atoms with E-state index in [1.54, 1.807) is 30.3 Å². The minimum Gasteiger partial charge on any atom is -0.493 e. The highest BCUT2D eigenvalue weighted by Crippen LogP contribution is 2.28. The van der Waals surface area contributed by atoms with Gasteiger partial charge < -0.3 is 14.8 Å². The Morgan fingerprint density at radius 2 is 1.75 bits per heavy atom. The van der Waals surface area contributed by atoms with Gasteiger partial charge in [-0.3, -0.25) is 14.9 Å². The molecule has 1 amide bonds. The molecule has 0 spiro atoms. The lowest BCUT2D eigenvalue weighted by atomic mass is 10.1. The zero-order valence-electron chi connectivity index (χ0n) is 19.5. The fourth-order valence-corrected chi connectivity index (χ4v) is 3.46. The zero-order valence-corrected chi connectivity index (χ0v) is 19.5. The number of benzene rings is 4. The Bertz CT molecular complexity index is 1400. The number of fused-ring (bicyclic) bond motifs is 1. The van der Waals surface area contributed by atoms with Crippen LogP contribution in [0, 0.1) is 10.1 Å². The molecule has 0 aromatic heterocycles. The SMILES string of the molecule is COc1ccc(/C=N/NC(=O)CNc2ccc3ccccc3c2)cc1OCc1ccc([N+](=O)[O-])cc1. The van der Waals surface area contributed by atoms with Crippen molar-refractivity contribution in [3.8, 4) is 11.5 Å². The van der Waals surface area contributed by atoms with Crippen LogP contribution in [-0.4, -0.2) is 30.7 Å². The lowest BCUT2D eigenvalue weighted by Gasteiger charge is -2.11. The lowest BCUT2D eigenvalue weighted by molar-refractivity contribution is -0.384.